The van der Waals surface area contributed by atoms with Crippen LogP contribution in [0.4, 0.5) is 0 Å². The van der Waals surface area contributed by atoms with E-state index in [4.69, 9.17) is 4.52 Å². The minimum Gasteiger partial charge on any atom is -0.361 e. The lowest BCUT2D eigenvalue weighted by Gasteiger charge is -2.07. The largest absolute Gasteiger partial charge is 0.361 e. The Bertz CT molecular complexity index is 698. The van der Waals surface area contributed by atoms with Crippen LogP contribution in [-0.4, -0.2) is 27.2 Å². The minimum atomic E-state index is -0.113. The molecule has 2 rings (SSSR count). The van der Waals surface area contributed by atoms with Crippen LogP contribution < -0.4 is 10.9 Å². The molecule has 0 aliphatic heterocycles. The molecule has 0 aliphatic carbocycles. The molecule has 1 N–H and O–H groups in total. The van der Waals surface area contributed by atoms with Gasteiger partial charge in [-0.1, -0.05) is 5.16 Å². The first-order valence-electron chi connectivity index (χ1n) is 7.19. The highest BCUT2D eigenvalue weighted by Gasteiger charge is 2.10. The standard InChI is InChI=1S/C15H20N4O3/c1-10-8-15(21)19(9-17-10)7-6-16-14(20)5-4-13-11(2)18-22-12(13)3/h8-9H,4-7H2,1-3H3,(H,16,20). The van der Waals surface area contributed by atoms with Crippen molar-refractivity contribution in [2.75, 3.05) is 6.54 Å². The summed E-state index contributed by atoms with van der Waals surface area (Å²) in [6.07, 6.45) is 2.46. The van der Waals surface area contributed by atoms with Gasteiger partial charge in [-0.2, -0.15) is 0 Å². The predicted molar refractivity (Wildman–Crippen MR) is 80.5 cm³/mol. The molecular formula is C15H20N4O3. The molecule has 7 nitrogen and oxygen atoms in total. The Hall–Kier alpha value is -2.44. The normalized spacial score (nSPS) is 10.7. The number of amides is 1. The predicted octanol–water partition coefficient (Wildman–Crippen LogP) is 0.906. The number of aryl methyl sites for hydroxylation is 3. The average Bonchev–Trinajstić information content (AvgIpc) is 2.78. The molecule has 2 heterocycles. The summed E-state index contributed by atoms with van der Waals surface area (Å²) in [6.45, 7) is 6.26. The topological polar surface area (TPSA) is 90.0 Å². The van der Waals surface area contributed by atoms with Crippen molar-refractivity contribution in [3.8, 4) is 0 Å². The minimum absolute atomic E-state index is 0.0619. The molecule has 0 atom stereocenters. The fraction of sp³-hybridized carbons (Fsp3) is 0.467. The summed E-state index contributed by atoms with van der Waals surface area (Å²) in [5.41, 5.74) is 2.37. The number of hydrogen-bond donors (Lipinski definition) is 1. The third-order valence-electron chi connectivity index (χ3n) is 3.47. The monoisotopic (exact) mass is 304 g/mol. The maximum Gasteiger partial charge on any atom is 0.253 e. The van der Waals surface area contributed by atoms with Crippen molar-refractivity contribution in [1.29, 1.82) is 0 Å². The van der Waals surface area contributed by atoms with E-state index in [-0.39, 0.29) is 11.5 Å². The number of aromatic nitrogens is 3. The van der Waals surface area contributed by atoms with Crippen LogP contribution >= 0.6 is 0 Å². The number of hydrogen-bond acceptors (Lipinski definition) is 5. The van der Waals surface area contributed by atoms with Crippen molar-refractivity contribution in [2.45, 2.75) is 40.2 Å². The fourth-order valence-corrected chi connectivity index (χ4v) is 2.19. The molecule has 7 heteroatoms. The molecule has 0 unspecified atom stereocenters. The number of carbonyl (C=O) groups excluding carboxylic acids is 1. The van der Waals surface area contributed by atoms with Crippen LogP contribution in [0.2, 0.25) is 0 Å². The van der Waals surface area contributed by atoms with Gasteiger partial charge in [0.25, 0.3) is 5.56 Å². The molecule has 0 aliphatic rings. The SMILES string of the molecule is Cc1cc(=O)n(CCNC(=O)CCc2c(C)noc2C)cn1. The summed E-state index contributed by atoms with van der Waals surface area (Å²) in [4.78, 5) is 27.5. The molecule has 2 aromatic rings. The Labute approximate surface area is 128 Å². The van der Waals surface area contributed by atoms with Gasteiger partial charge < -0.3 is 9.84 Å². The van der Waals surface area contributed by atoms with Crippen LogP contribution in [0.3, 0.4) is 0 Å². The first-order valence-corrected chi connectivity index (χ1v) is 7.19. The summed E-state index contributed by atoms with van der Waals surface area (Å²) in [6, 6.07) is 1.47. The van der Waals surface area contributed by atoms with E-state index in [9.17, 15) is 9.59 Å². The molecule has 0 fully saturated rings. The van der Waals surface area contributed by atoms with Crippen molar-refractivity contribution in [1.82, 2.24) is 20.0 Å². The Morgan fingerprint density at radius 2 is 2.14 bits per heavy atom. The maximum atomic E-state index is 11.8. The second-order valence-electron chi connectivity index (χ2n) is 5.21. The van der Waals surface area contributed by atoms with E-state index in [0.29, 0.717) is 31.6 Å². The van der Waals surface area contributed by atoms with Gasteiger partial charge in [-0.05, 0) is 27.2 Å². The summed E-state index contributed by atoms with van der Waals surface area (Å²) in [7, 11) is 0. The van der Waals surface area contributed by atoms with Gasteiger partial charge in [-0.3, -0.25) is 14.2 Å². The van der Waals surface area contributed by atoms with Gasteiger partial charge >= 0.3 is 0 Å². The number of carbonyl (C=O) groups is 1. The second kappa shape index (κ2) is 7.02. The Morgan fingerprint density at radius 1 is 1.36 bits per heavy atom. The lowest BCUT2D eigenvalue weighted by atomic mass is 10.1. The molecular weight excluding hydrogens is 284 g/mol. The highest BCUT2D eigenvalue weighted by Crippen LogP contribution is 2.13. The van der Waals surface area contributed by atoms with Crippen LogP contribution in [0.1, 0.15) is 29.1 Å². The van der Waals surface area contributed by atoms with Crippen LogP contribution in [0.15, 0.2) is 21.7 Å². The smallest absolute Gasteiger partial charge is 0.253 e. The molecule has 22 heavy (non-hydrogen) atoms. The van der Waals surface area contributed by atoms with E-state index >= 15 is 0 Å². The summed E-state index contributed by atoms with van der Waals surface area (Å²) < 4.78 is 6.54. The molecule has 0 aromatic carbocycles. The third-order valence-corrected chi connectivity index (χ3v) is 3.47. The van der Waals surface area contributed by atoms with Gasteiger partial charge in [0.15, 0.2) is 0 Å². The van der Waals surface area contributed by atoms with Crippen LogP contribution in [0.25, 0.3) is 0 Å². The van der Waals surface area contributed by atoms with E-state index in [1.165, 1.54) is 17.0 Å². The Balaban J connectivity index is 1.77. The molecule has 2 aromatic heterocycles. The van der Waals surface area contributed by atoms with E-state index in [1.807, 2.05) is 13.8 Å². The van der Waals surface area contributed by atoms with E-state index in [0.717, 1.165) is 17.0 Å². The molecule has 0 spiro atoms. The maximum absolute atomic E-state index is 11.8. The molecule has 0 radical (unpaired) electrons. The van der Waals surface area contributed by atoms with E-state index in [1.54, 1.807) is 6.92 Å². The quantitative estimate of drug-likeness (QED) is 0.856. The van der Waals surface area contributed by atoms with Crippen molar-refractivity contribution in [3.63, 3.8) is 0 Å². The zero-order valence-electron chi connectivity index (χ0n) is 13.0. The van der Waals surface area contributed by atoms with Crippen molar-refractivity contribution in [3.05, 3.63) is 45.5 Å². The summed E-state index contributed by atoms with van der Waals surface area (Å²) in [5.74, 6) is 0.690. The Morgan fingerprint density at radius 3 is 2.77 bits per heavy atom. The summed E-state index contributed by atoms with van der Waals surface area (Å²) >= 11 is 0. The first-order chi connectivity index (χ1) is 10.5. The molecule has 118 valence electrons. The van der Waals surface area contributed by atoms with Gasteiger partial charge in [-0.25, -0.2) is 4.98 Å². The number of rotatable bonds is 6. The van der Waals surface area contributed by atoms with Crippen LogP contribution in [0.5, 0.6) is 0 Å². The van der Waals surface area contributed by atoms with Gasteiger partial charge in [0, 0.05) is 36.8 Å². The number of nitrogens with zero attached hydrogens (tertiary/aromatic N) is 3. The first kappa shape index (κ1) is 15.9. The zero-order chi connectivity index (χ0) is 16.1. The van der Waals surface area contributed by atoms with E-state index < -0.39 is 0 Å². The van der Waals surface area contributed by atoms with E-state index in [2.05, 4.69) is 15.5 Å². The lowest BCUT2D eigenvalue weighted by Crippen LogP contribution is -2.31. The van der Waals surface area contributed by atoms with Gasteiger partial charge in [0.2, 0.25) is 5.91 Å². The highest BCUT2D eigenvalue weighted by molar-refractivity contribution is 5.76. The van der Waals surface area contributed by atoms with Gasteiger partial charge in [0.05, 0.1) is 12.0 Å². The van der Waals surface area contributed by atoms with Crippen molar-refractivity contribution >= 4 is 5.91 Å². The molecule has 1 amide bonds. The molecule has 0 saturated carbocycles. The Kier molecular flexibility index (Phi) is 5.08. The van der Waals surface area contributed by atoms with Crippen LogP contribution in [0, 0.1) is 20.8 Å². The van der Waals surface area contributed by atoms with Crippen molar-refractivity contribution in [2.24, 2.45) is 0 Å². The lowest BCUT2D eigenvalue weighted by molar-refractivity contribution is -0.121. The van der Waals surface area contributed by atoms with Gasteiger partial charge in [-0.15, -0.1) is 0 Å². The summed E-state index contributed by atoms with van der Waals surface area (Å²) in [5, 5.41) is 6.66. The zero-order valence-corrected chi connectivity index (χ0v) is 13.0. The molecule has 0 saturated heterocycles. The molecule has 0 bridgehead atoms. The number of nitrogens with one attached hydrogen (secondary N) is 1. The van der Waals surface area contributed by atoms with Crippen molar-refractivity contribution < 1.29 is 9.32 Å². The van der Waals surface area contributed by atoms with Crippen LogP contribution in [-0.2, 0) is 17.8 Å². The van der Waals surface area contributed by atoms with Gasteiger partial charge in [0.1, 0.15) is 5.76 Å². The highest BCUT2D eigenvalue weighted by atomic mass is 16.5. The third kappa shape index (κ3) is 4.03. The average molecular weight is 304 g/mol. The fourth-order valence-electron chi connectivity index (χ4n) is 2.19. The second-order valence-corrected chi connectivity index (χ2v) is 5.21.